The van der Waals surface area contributed by atoms with Gasteiger partial charge in [-0.3, -0.25) is 0 Å². The predicted molar refractivity (Wildman–Crippen MR) is 63.0 cm³/mol. The van der Waals surface area contributed by atoms with E-state index in [1.54, 1.807) is 12.5 Å². The highest BCUT2D eigenvalue weighted by molar-refractivity contribution is 5.47. The summed E-state index contributed by atoms with van der Waals surface area (Å²) in [5.74, 6) is 1.03. The van der Waals surface area contributed by atoms with E-state index in [4.69, 9.17) is 10.3 Å². The van der Waals surface area contributed by atoms with E-state index in [9.17, 15) is 0 Å². The topological polar surface area (TPSA) is 82.8 Å². The Morgan fingerprint density at radius 1 is 1.53 bits per heavy atom. The van der Waals surface area contributed by atoms with E-state index in [1.165, 1.54) is 0 Å². The molecule has 92 valence electrons. The minimum atomic E-state index is -0.176. The molecule has 2 heterocycles. The lowest BCUT2D eigenvalue weighted by Crippen LogP contribution is -2.10. The van der Waals surface area contributed by atoms with Gasteiger partial charge in [-0.05, 0) is 6.42 Å². The highest BCUT2D eigenvalue weighted by Gasteiger charge is 2.16. The first-order valence-corrected chi connectivity index (χ1v) is 5.78. The van der Waals surface area contributed by atoms with Gasteiger partial charge in [-0.25, -0.2) is 4.98 Å². The van der Waals surface area contributed by atoms with Crippen LogP contribution in [0.4, 0.5) is 0 Å². The number of unbranched alkanes of at least 4 members (excludes halogenated alkanes) is 1. The van der Waals surface area contributed by atoms with Gasteiger partial charge >= 0.3 is 0 Å². The number of hydrogen-bond acceptors (Lipinski definition) is 5. The Morgan fingerprint density at radius 2 is 2.35 bits per heavy atom. The van der Waals surface area contributed by atoms with Gasteiger partial charge in [0.2, 0.25) is 11.7 Å². The molecule has 2 aromatic heterocycles. The van der Waals surface area contributed by atoms with E-state index in [0.717, 1.165) is 25.0 Å². The molecule has 6 heteroatoms. The first-order chi connectivity index (χ1) is 8.22. The maximum absolute atomic E-state index is 5.97. The molecule has 1 atom stereocenters. The maximum Gasteiger partial charge on any atom is 0.243 e. The van der Waals surface area contributed by atoms with Crippen LogP contribution in [0.3, 0.4) is 0 Å². The fourth-order valence-electron chi connectivity index (χ4n) is 1.61. The quantitative estimate of drug-likeness (QED) is 0.852. The van der Waals surface area contributed by atoms with Crippen molar-refractivity contribution < 1.29 is 4.52 Å². The SMILES string of the molecule is CCCCC(N)c1nc(-c2cncn2C)no1. The molecule has 2 N–H and O–H groups in total. The molecule has 0 saturated heterocycles. The van der Waals surface area contributed by atoms with Crippen molar-refractivity contribution in [3.05, 3.63) is 18.4 Å². The third kappa shape index (κ3) is 2.52. The molecule has 0 spiro atoms. The van der Waals surface area contributed by atoms with Crippen LogP contribution in [0, 0.1) is 0 Å². The molecule has 0 radical (unpaired) electrons. The lowest BCUT2D eigenvalue weighted by Gasteiger charge is -2.03. The van der Waals surface area contributed by atoms with Gasteiger partial charge in [0, 0.05) is 7.05 Å². The van der Waals surface area contributed by atoms with Gasteiger partial charge in [0.15, 0.2) is 0 Å². The maximum atomic E-state index is 5.97. The highest BCUT2D eigenvalue weighted by Crippen LogP contribution is 2.19. The summed E-state index contributed by atoms with van der Waals surface area (Å²) in [5, 5.41) is 3.92. The van der Waals surface area contributed by atoms with Gasteiger partial charge in [-0.15, -0.1) is 0 Å². The summed E-state index contributed by atoms with van der Waals surface area (Å²) in [6, 6.07) is -0.176. The zero-order valence-corrected chi connectivity index (χ0v) is 10.1. The number of imidazole rings is 1. The van der Waals surface area contributed by atoms with Crippen LogP contribution in [0.2, 0.25) is 0 Å². The first-order valence-electron chi connectivity index (χ1n) is 5.78. The Morgan fingerprint density at radius 3 is 3.00 bits per heavy atom. The smallest absolute Gasteiger partial charge is 0.243 e. The monoisotopic (exact) mass is 235 g/mol. The van der Waals surface area contributed by atoms with Gasteiger partial charge in [0.05, 0.1) is 18.6 Å². The molecule has 2 aromatic rings. The predicted octanol–water partition coefficient (Wildman–Crippen LogP) is 1.66. The van der Waals surface area contributed by atoms with Crippen molar-refractivity contribution in [3.8, 4) is 11.5 Å². The van der Waals surface area contributed by atoms with Crippen molar-refractivity contribution >= 4 is 0 Å². The van der Waals surface area contributed by atoms with E-state index in [2.05, 4.69) is 22.0 Å². The second-order valence-electron chi connectivity index (χ2n) is 4.09. The lowest BCUT2D eigenvalue weighted by atomic mass is 10.1. The van der Waals surface area contributed by atoms with Gasteiger partial charge in [0.25, 0.3) is 0 Å². The van der Waals surface area contributed by atoms with Crippen LogP contribution in [-0.4, -0.2) is 19.7 Å². The molecule has 0 bridgehead atoms. The Balaban J connectivity index is 2.13. The van der Waals surface area contributed by atoms with Crippen LogP contribution in [0.1, 0.15) is 38.1 Å². The van der Waals surface area contributed by atoms with Crippen LogP contribution >= 0.6 is 0 Å². The van der Waals surface area contributed by atoms with Crippen molar-refractivity contribution in [3.63, 3.8) is 0 Å². The van der Waals surface area contributed by atoms with E-state index in [1.807, 2.05) is 11.6 Å². The molecule has 0 aliphatic heterocycles. The van der Waals surface area contributed by atoms with Gasteiger partial charge < -0.3 is 14.8 Å². The first kappa shape index (κ1) is 11.8. The Bertz CT molecular complexity index is 476. The molecule has 0 aromatic carbocycles. The van der Waals surface area contributed by atoms with E-state index >= 15 is 0 Å². The molecule has 1 unspecified atom stereocenters. The standard InChI is InChI=1S/C11H17N5O/c1-3-4-5-8(12)11-14-10(15-17-11)9-6-13-7-16(9)2/h6-8H,3-5,12H2,1-2H3. The number of hydrogen-bond donors (Lipinski definition) is 1. The summed E-state index contributed by atoms with van der Waals surface area (Å²) in [4.78, 5) is 8.31. The summed E-state index contributed by atoms with van der Waals surface area (Å²) < 4.78 is 7.01. The van der Waals surface area contributed by atoms with E-state index in [-0.39, 0.29) is 6.04 Å². The van der Waals surface area contributed by atoms with E-state index < -0.39 is 0 Å². The van der Waals surface area contributed by atoms with Crippen LogP contribution in [0.5, 0.6) is 0 Å². The minimum absolute atomic E-state index is 0.176. The summed E-state index contributed by atoms with van der Waals surface area (Å²) >= 11 is 0. The van der Waals surface area contributed by atoms with Crippen molar-refractivity contribution in [2.75, 3.05) is 0 Å². The summed E-state index contributed by atoms with van der Waals surface area (Å²) in [6.45, 7) is 2.13. The van der Waals surface area contributed by atoms with Crippen LogP contribution in [-0.2, 0) is 7.05 Å². The van der Waals surface area contributed by atoms with Gasteiger partial charge in [-0.1, -0.05) is 24.9 Å². The molecule has 0 aliphatic rings. The minimum Gasteiger partial charge on any atom is -0.337 e. The third-order valence-corrected chi connectivity index (χ3v) is 2.67. The number of rotatable bonds is 5. The molecular formula is C11H17N5O. The van der Waals surface area contributed by atoms with Crippen molar-refractivity contribution in [1.82, 2.24) is 19.7 Å². The van der Waals surface area contributed by atoms with E-state index in [0.29, 0.717) is 11.7 Å². The molecule has 0 fully saturated rings. The zero-order chi connectivity index (χ0) is 12.3. The average Bonchev–Trinajstić information content (AvgIpc) is 2.93. The fraction of sp³-hybridized carbons (Fsp3) is 0.545. The highest BCUT2D eigenvalue weighted by atomic mass is 16.5. The number of aryl methyl sites for hydroxylation is 1. The normalized spacial score (nSPS) is 12.9. The largest absolute Gasteiger partial charge is 0.337 e. The molecule has 0 amide bonds. The molecule has 6 nitrogen and oxygen atoms in total. The lowest BCUT2D eigenvalue weighted by molar-refractivity contribution is 0.346. The van der Waals surface area contributed by atoms with Gasteiger partial charge in [0.1, 0.15) is 5.69 Å². The molecule has 2 rings (SSSR count). The molecule has 0 saturated carbocycles. The average molecular weight is 235 g/mol. The zero-order valence-electron chi connectivity index (χ0n) is 10.1. The number of nitrogens with zero attached hydrogens (tertiary/aromatic N) is 4. The van der Waals surface area contributed by atoms with Crippen molar-refractivity contribution in [2.24, 2.45) is 12.8 Å². The molecule has 0 aliphatic carbocycles. The van der Waals surface area contributed by atoms with Gasteiger partial charge in [-0.2, -0.15) is 4.98 Å². The second kappa shape index (κ2) is 5.09. The Labute approximate surface area is 99.8 Å². The second-order valence-corrected chi connectivity index (χ2v) is 4.09. The molecular weight excluding hydrogens is 218 g/mol. The van der Waals surface area contributed by atoms with Crippen molar-refractivity contribution in [2.45, 2.75) is 32.2 Å². The van der Waals surface area contributed by atoms with Crippen LogP contribution < -0.4 is 5.73 Å². The Hall–Kier alpha value is -1.69. The van der Waals surface area contributed by atoms with Crippen LogP contribution in [0.15, 0.2) is 17.0 Å². The number of nitrogens with two attached hydrogens (primary N) is 1. The third-order valence-electron chi connectivity index (χ3n) is 2.67. The summed E-state index contributed by atoms with van der Waals surface area (Å²) in [5.41, 5.74) is 6.79. The fourth-order valence-corrected chi connectivity index (χ4v) is 1.61. The number of aromatic nitrogens is 4. The summed E-state index contributed by atoms with van der Waals surface area (Å²) in [7, 11) is 1.88. The van der Waals surface area contributed by atoms with Crippen LogP contribution in [0.25, 0.3) is 11.5 Å². The van der Waals surface area contributed by atoms with Crippen molar-refractivity contribution in [1.29, 1.82) is 0 Å². The summed E-state index contributed by atoms with van der Waals surface area (Å²) in [6.07, 6.45) is 6.43. The molecule has 17 heavy (non-hydrogen) atoms. The Kier molecular flexibility index (Phi) is 3.53.